The summed E-state index contributed by atoms with van der Waals surface area (Å²) < 4.78 is 15.4. The maximum atomic E-state index is 11.8. The lowest BCUT2D eigenvalue weighted by molar-refractivity contribution is -0.145. The number of nitrogens with one attached hydrogen (secondary N) is 1. The molecule has 19 heteroatoms. The van der Waals surface area contributed by atoms with Crippen molar-refractivity contribution in [3.8, 4) is 0 Å². The number of hydrogen-bond acceptors (Lipinski definition) is 13. The van der Waals surface area contributed by atoms with Gasteiger partial charge in [0, 0.05) is 65.3 Å². The first-order valence-electron chi connectivity index (χ1n) is 15.9. The van der Waals surface area contributed by atoms with E-state index in [9.17, 15) is 44.1 Å². The number of amides is 1. The Morgan fingerprint density at radius 2 is 1.08 bits per heavy atom. The van der Waals surface area contributed by atoms with Crippen molar-refractivity contribution in [1.29, 1.82) is 0 Å². The summed E-state index contributed by atoms with van der Waals surface area (Å²) >= 11 is 0. The Morgan fingerprint density at radius 1 is 0.688 bits per heavy atom. The second kappa shape index (κ2) is 28.8. The van der Waals surface area contributed by atoms with E-state index in [4.69, 9.17) is 27.2 Å². The average molecular weight is 690 g/mol. The van der Waals surface area contributed by atoms with Crippen molar-refractivity contribution < 1.29 is 63.4 Å². The highest BCUT2D eigenvalue weighted by Gasteiger charge is 2.27. The van der Waals surface area contributed by atoms with E-state index in [0.29, 0.717) is 118 Å². The van der Waals surface area contributed by atoms with Gasteiger partial charge < -0.3 is 44.7 Å². The third kappa shape index (κ3) is 25.8. The molecule has 0 saturated carbocycles. The van der Waals surface area contributed by atoms with Gasteiger partial charge >= 0.3 is 23.9 Å². The summed E-state index contributed by atoms with van der Waals surface area (Å²) in [6.45, 7) is 6.76. The molecule has 18 nitrogen and oxygen atoms in total. The Morgan fingerprint density at radius 3 is 1.44 bits per heavy atom. The van der Waals surface area contributed by atoms with E-state index >= 15 is 0 Å². The fourth-order valence-electron chi connectivity index (χ4n) is 4.55. The molecule has 1 aliphatic heterocycles. The number of nitrogens with zero attached hydrogens (tertiary/aromatic N) is 4. The van der Waals surface area contributed by atoms with Gasteiger partial charge in [-0.2, -0.15) is 0 Å². The SMILES string of the molecule is CCCC(C(=O)O)N1CCN(CC(=O)O)CCN(CC(=O)O)CCN(CC(=O)O)CC1.[B]C(=O)CCOCCOCCOCCNC=O. The molecule has 0 spiro atoms. The molecule has 1 aliphatic rings. The number of ether oxygens (including phenoxy) is 3. The van der Waals surface area contributed by atoms with Gasteiger partial charge in [-0.1, -0.05) is 13.3 Å². The molecule has 0 aliphatic carbocycles. The second-order valence-electron chi connectivity index (χ2n) is 10.8. The molecule has 0 aromatic carbocycles. The van der Waals surface area contributed by atoms with E-state index in [2.05, 4.69) is 5.32 Å². The van der Waals surface area contributed by atoms with Crippen molar-refractivity contribution in [3.63, 3.8) is 0 Å². The Bertz CT molecular complexity index is 917. The van der Waals surface area contributed by atoms with Crippen LogP contribution in [-0.2, 0) is 43.0 Å². The normalized spacial score (nSPS) is 16.4. The van der Waals surface area contributed by atoms with Crippen molar-refractivity contribution >= 4 is 43.8 Å². The number of rotatable bonds is 23. The molecular formula is C29H52BN5O13. The minimum absolute atomic E-state index is 0.229. The predicted molar refractivity (Wildman–Crippen MR) is 172 cm³/mol. The molecule has 1 fully saturated rings. The largest absolute Gasteiger partial charge is 0.480 e. The van der Waals surface area contributed by atoms with Crippen LogP contribution < -0.4 is 5.32 Å². The van der Waals surface area contributed by atoms with Gasteiger partial charge in [-0.3, -0.25) is 43.6 Å². The molecule has 1 unspecified atom stereocenters. The molecule has 0 aromatic rings. The van der Waals surface area contributed by atoms with Crippen LogP contribution in [0.3, 0.4) is 0 Å². The first-order valence-corrected chi connectivity index (χ1v) is 15.9. The van der Waals surface area contributed by atoms with Crippen LogP contribution >= 0.6 is 0 Å². The molecule has 2 radical (unpaired) electrons. The number of carboxylic acids is 4. The topological polar surface area (TPSA) is 236 Å². The predicted octanol–water partition coefficient (Wildman–Crippen LogP) is -2.42. The third-order valence-electron chi connectivity index (χ3n) is 6.95. The Balaban J connectivity index is 0.00000110. The van der Waals surface area contributed by atoms with Crippen molar-refractivity contribution in [3.05, 3.63) is 0 Å². The van der Waals surface area contributed by atoms with Crippen molar-refractivity contribution in [2.45, 2.75) is 32.2 Å². The van der Waals surface area contributed by atoms with Crippen molar-refractivity contribution in [1.82, 2.24) is 24.9 Å². The van der Waals surface area contributed by atoms with Crippen LogP contribution in [0.1, 0.15) is 26.2 Å². The molecule has 5 N–H and O–H groups in total. The molecule has 274 valence electrons. The maximum absolute atomic E-state index is 11.8. The van der Waals surface area contributed by atoms with Crippen LogP contribution in [0, 0.1) is 0 Å². The lowest BCUT2D eigenvalue weighted by atomic mass is 10.0. The summed E-state index contributed by atoms with van der Waals surface area (Å²) in [5, 5.41) is 39.7. The Hall–Kier alpha value is -3.20. The molecule has 0 aromatic heterocycles. The zero-order valence-electron chi connectivity index (χ0n) is 27.8. The van der Waals surface area contributed by atoms with Crippen LogP contribution in [0.15, 0.2) is 0 Å². The van der Waals surface area contributed by atoms with E-state index in [-0.39, 0.29) is 31.7 Å². The van der Waals surface area contributed by atoms with E-state index in [1.54, 1.807) is 19.6 Å². The number of carbonyl (C=O) groups excluding carboxylic acids is 2. The average Bonchev–Trinajstić information content (AvgIpc) is 3.00. The van der Waals surface area contributed by atoms with Gasteiger partial charge in [-0.25, -0.2) is 0 Å². The number of carboxylic acid groups (broad SMARTS) is 4. The van der Waals surface area contributed by atoms with Crippen LogP contribution in [0.2, 0.25) is 0 Å². The van der Waals surface area contributed by atoms with Crippen LogP contribution in [0.5, 0.6) is 0 Å². The van der Waals surface area contributed by atoms with E-state index < -0.39 is 29.9 Å². The zero-order valence-corrected chi connectivity index (χ0v) is 27.8. The van der Waals surface area contributed by atoms with Crippen molar-refractivity contribution in [2.75, 3.05) is 118 Å². The molecule has 1 rings (SSSR count). The first-order chi connectivity index (χ1) is 22.9. The molecule has 0 bridgehead atoms. The molecule has 1 heterocycles. The second-order valence-corrected chi connectivity index (χ2v) is 10.8. The van der Waals surface area contributed by atoms with Gasteiger partial charge in [-0.15, -0.1) is 0 Å². The van der Waals surface area contributed by atoms with Crippen LogP contribution in [0.25, 0.3) is 0 Å². The molecule has 1 atom stereocenters. The smallest absolute Gasteiger partial charge is 0.320 e. The first kappa shape index (κ1) is 44.8. The maximum Gasteiger partial charge on any atom is 0.320 e. The minimum atomic E-state index is -1.02. The highest BCUT2D eigenvalue weighted by atomic mass is 16.5. The zero-order chi connectivity index (χ0) is 36.2. The summed E-state index contributed by atoms with van der Waals surface area (Å²) in [7, 11) is 4.93. The third-order valence-corrected chi connectivity index (χ3v) is 6.95. The summed E-state index contributed by atoms with van der Waals surface area (Å²) in [5.74, 6) is -4.01. The summed E-state index contributed by atoms with van der Waals surface area (Å²) in [6, 6.07) is -0.741. The van der Waals surface area contributed by atoms with Crippen LogP contribution in [-0.4, -0.2) is 208 Å². The minimum Gasteiger partial charge on any atom is -0.480 e. The lowest BCUT2D eigenvalue weighted by Gasteiger charge is -2.35. The fraction of sp³-hybridized carbons (Fsp3) is 0.793. The molecular weight excluding hydrogens is 637 g/mol. The van der Waals surface area contributed by atoms with Gasteiger partial charge in [0.2, 0.25) is 6.41 Å². The Kier molecular flexibility index (Phi) is 26.9. The van der Waals surface area contributed by atoms with Gasteiger partial charge in [0.05, 0.1) is 65.0 Å². The molecule has 1 amide bonds. The molecule has 1 saturated heterocycles. The van der Waals surface area contributed by atoms with Gasteiger partial charge in [0.1, 0.15) is 6.04 Å². The van der Waals surface area contributed by atoms with Gasteiger partial charge in [-0.05, 0) is 6.42 Å². The highest BCUT2D eigenvalue weighted by Crippen LogP contribution is 2.10. The number of hydrogen-bond donors (Lipinski definition) is 5. The monoisotopic (exact) mass is 689 g/mol. The van der Waals surface area contributed by atoms with E-state index in [1.807, 2.05) is 6.92 Å². The molecule has 48 heavy (non-hydrogen) atoms. The fourth-order valence-corrected chi connectivity index (χ4v) is 4.55. The summed E-state index contributed by atoms with van der Waals surface area (Å²) in [6.07, 6.45) is 1.95. The number of aliphatic carboxylic acids is 4. The van der Waals surface area contributed by atoms with E-state index in [0.717, 1.165) is 0 Å². The standard InChI is InChI=1S/C19H34N4O8.C10H18BNO5/c1-2-3-15(19(30)31)23-10-8-21(13-17(26)27)6-4-20(12-16(24)25)5-7-22(9-11-23)14-18(28)29;11-10(14)1-3-15-5-7-17-8-6-16-4-2-12-9-13/h15H,2-14H2,1H3,(H,24,25)(H,26,27)(H,28,29)(H,30,31);9H,1-8H2,(H,12,13). The highest BCUT2D eigenvalue weighted by molar-refractivity contribution is 6.57. The Labute approximate surface area is 282 Å². The summed E-state index contributed by atoms with van der Waals surface area (Å²) in [5.41, 5.74) is -0.372. The van der Waals surface area contributed by atoms with Gasteiger partial charge in [0.15, 0.2) is 7.85 Å². The number of carbonyl (C=O) groups is 6. The van der Waals surface area contributed by atoms with E-state index in [1.165, 1.54) is 0 Å². The lowest BCUT2D eigenvalue weighted by Crippen LogP contribution is -2.51. The summed E-state index contributed by atoms with van der Waals surface area (Å²) in [4.78, 5) is 72.5. The van der Waals surface area contributed by atoms with Crippen molar-refractivity contribution in [2.24, 2.45) is 0 Å². The quantitative estimate of drug-likeness (QED) is 0.0426. The van der Waals surface area contributed by atoms with Crippen LogP contribution in [0.4, 0.5) is 0 Å². The van der Waals surface area contributed by atoms with Gasteiger partial charge in [0.25, 0.3) is 0 Å².